The van der Waals surface area contributed by atoms with E-state index < -0.39 is 5.97 Å². The molecule has 0 bridgehead atoms. The Balaban J connectivity index is -0.0000000800. The van der Waals surface area contributed by atoms with Gasteiger partial charge >= 0.3 is 0 Å². The van der Waals surface area contributed by atoms with Gasteiger partial charge in [0.05, 0.1) is 5.97 Å². The molecule has 1 radical (unpaired) electrons. The van der Waals surface area contributed by atoms with E-state index in [9.17, 15) is 0 Å². The molecular weight excluding hydrogens is 121 g/mol. The van der Waals surface area contributed by atoms with Crippen molar-refractivity contribution >= 4 is 57.4 Å². The number of hydrogen-bond donors (Lipinski definition) is 1. The van der Waals surface area contributed by atoms with E-state index >= 15 is 0 Å². The van der Waals surface area contributed by atoms with Gasteiger partial charge in [0, 0.05) is 51.4 Å². The summed E-state index contributed by atoms with van der Waals surface area (Å²) in [4.78, 5) is 9.14. The molecule has 0 aliphatic rings. The van der Waals surface area contributed by atoms with Crippen molar-refractivity contribution in [2.45, 2.75) is 0 Å². The molecule has 0 fully saturated rings. The van der Waals surface area contributed by atoms with Gasteiger partial charge in [-0.2, -0.15) is 0 Å². The van der Waals surface area contributed by atoms with Crippen LogP contribution in [0.4, 0.5) is 0 Å². The molecule has 0 spiro atoms. The van der Waals surface area contributed by atoms with E-state index in [1.807, 2.05) is 0 Å². The van der Waals surface area contributed by atoms with Crippen molar-refractivity contribution in [3.05, 3.63) is 12.7 Å². The molecule has 0 atom stereocenters. The Hall–Kier alpha value is 0.806. The van der Waals surface area contributed by atoms with Crippen LogP contribution >= 0.6 is 0 Å². The third-order valence-corrected chi connectivity index (χ3v) is 0.167. The first-order valence-corrected chi connectivity index (χ1v) is 1.11. The molecule has 0 aliphatic carbocycles. The smallest absolute Gasteiger partial charge is 0.0636 e. The Morgan fingerprint density at radius 2 is 1.86 bits per heavy atom. The van der Waals surface area contributed by atoms with Gasteiger partial charge in [0.1, 0.15) is 0 Å². The predicted octanol–water partition coefficient (Wildman–Crippen LogP) is -1.08. The second kappa shape index (κ2) is 9.93. The number of aliphatic carboxylic acids is 1. The van der Waals surface area contributed by atoms with Crippen LogP contribution in [0.3, 0.4) is 0 Å². The van der Waals surface area contributed by atoms with Gasteiger partial charge in [-0.25, -0.2) is 0 Å². The maximum Gasteiger partial charge on any atom is 0.0636 e. The van der Waals surface area contributed by atoms with E-state index in [-0.39, 0.29) is 57.5 Å². The van der Waals surface area contributed by atoms with Crippen molar-refractivity contribution in [2.75, 3.05) is 0 Å². The van der Waals surface area contributed by atoms with Gasteiger partial charge in [0.15, 0.2) is 0 Å². The molecule has 0 aromatic heterocycles. The van der Waals surface area contributed by atoms with Crippen LogP contribution in [0.15, 0.2) is 12.7 Å². The Labute approximate surface area is 84.8 Å². The van der Waals surface area contributed by atoms with Crippen molar-refractivity contribution in [3.8, 4) is 0 Å². The van der Waals surface area contributed by atoms with Crippen LogP contribution in [0.2, 0.25) is 0 Å². The van der Waals surface area contributed by atoms with Crippen LogP contribution in [-0.4, -0.2) is 57.4 Å². The molecule has 4 heteroatoms. The average molecular weight is 128 g/mol. The monoisotopic (exact) mass is 128 g/mol. The maximum atomic E-state index is 9.14. The third kappa shape index (κ3) is 20.0. The van der Waals surface area contributed by atoms with Crippen molar-refractivity contribution in [1.29, 1.82) is 0 Å². The molecule has 0 aliphatic heterocycles. The van der Waals surface area contributed by atoms with Crippen LogP contribution in [0, 0.1) is 0 Å². The summed E-state index contributed by atoms with van der Waals surface area (Å²) < 4.78 is 0. The summed E-state index contributed by atoms with van der Waals surface area (Å²) in [6.07, 6.45) is 0.722. The topological polar surface area (TPSA) is 76.6 Å². The molecule has 3 nitrogen and oxygen atoms in total. The Morgan fingerprint density at radius 3 is 1.86 bits per heavy atom. The van der Waals surface area contributed by atoms with Gasteiger partial charge < -0.3 is 16.1 Å². The van der Waals surface area contributed by atoms with Gasteiger partial charge in [-0.15, -0.1) is 0 Å². The van der Waals surface area contributed by atoms with Crippen molar-refractivity contribution in [3.63, 3.8) is 0 Å². The summed E-state index contributed by atoms with van der Waals surface area (Å²) in [5.41, 5.74) is 0. The molecule has 0 amide bonds. The molecule has 0 aromatic rings. The molecule has 0 saturated heterocycles. The molecule has 0 saturated carbocycles. The third-order valence-electron chi connectivity index (χ3n) is 0.167. The van der Waals surface area contributed by atoms with Gasteiger partial charge in [0.25, 0.3) is 0 Å². The molecule has 37 valence electrons. The molecular formula is C3H7KNO2. The fraction of sp³-hybridized carbons (Fsp3) is 0. The van der Waals surface area contributed by atoms with Crippen LogP contribution in [0.5, 0.6) is 0 Å². The maximum absolute atomic E-state index is 9.14. The predicted molar refractivity (Wildman–Crippen MR) is 26.9 cm³/mol. The van der Waals surface area contributed by atoms with Gasteiger partial charge in [0.2, 0.25) is 0 Å². The first kappa shape index (κ1) is 15.7. The standard InChI is InChI=1S/C3H4O2.K.H3N/c1-2-3(4)5;;/h2H,1H2,(H,4,5);;1H3. The number of quaternary nitrogens is 1. The molecule has 0 aromatic carbocycles. The zero-order chi connectivity index (χ0) is 4.28. The molecule has 7 heavy (non-hydrogen) atoms. The second-order valence-electron chi connectivity index (χ2n) is 0.523. The fourth-order valence-corrected chi connectivity index (χ4v) is 0. The van der Waals surface area contributed by atoms with E-state index in [0.717, 1.165) is 6.08 Å². The molecule has 0 heterocycles. The van der Waals surface area contributed by atoms with Crippen molar-refractivity contribution in [2.24, 2.45) is 0 Å². The van der Waals surface area contributed by atoms with Gasteiger partial charge in [-0.05, 0) is 6.08 Å². The normalized spacial score (nSPS) is 4.57. The minimum atomic E-state index is -1.23. The summed E-state index contributed by atoms with van der Waals surface area (Å²) in [6, 6.07) is 0. The largest absolute Gasteiger partial charge is 0.545 e. The summed E-state index contributed by atoms with van der Waals surface area (Å²) >= 11 is 0. The minimum absolute atomic E-state index is 0. The summed E-state index contributed by atoms with van der Waals surface area (Å²) in [5.74, 6) is -1.23. The number of hydrogen-bond acceptors (Lipinski definition) is 2. The molecule has 4 N–H and O–H groups in total. The van der Waals surface area contributed by atoms with Crippen LogP contribution in [0.25, 0.3) is 0 Å². The number of carboxylic acid groups (broad SMARTS) is 1. The summed E-state index contributed by atoms with van der Waals surface area (Å²) in [5, 5.41) is 9.14. The molecule has 0 rings (SSSR count). The fourth-order valence-electron chi connectivity index (χ4n) is 0. The number of carbonyl (C=O) groups excluding carboxylic acids is 1. The Kier molecular flexibility index (Phi) is 22.2. The average Bonchev–Trinajstić information content (AvgIpc) is 1.38. The van der Waals surface area contributed by atoms with Crippen molar-refractivity contribution < 1.29 is 9.90 Å². The second-order valence-corrected chi connectivity index (χ2v) is 0.523. The number of carboxylic acids is 1. The number of carbonyl (C=O) groups is 1. The summed E-state index contributed by atoms with van der Waals surface area (Å²) in [6.45, 7) is 2.90. The minimum Gasteiger partial charge on any atom is -0.545 e. The van der Waals surface area contributed by atoms with Gasteiger partial charge in [-0.3, -0.25) is 0 Å². The number of rotatable bonds is 1. The van der Waals surface area contributed by atoms with Crippen molar-refractivity contribution in [1.82, 2.24) is 6.15 Å². The van der Waals surface area contributed by atoms with Crippen LogP contribution in [-0.2, 0) is 4.79 Å². The zero-order valence-corrected chi connectivity index (χ0v) is 7.72. The first-order valence-electron chi connectivity index (χ1n) is 1.11. The zero-order valence-electron chi connectivity index (χ0n) is 4.60. The Morgan fingerprint density at radius 1 is 1.71 bits per heavy atom. The van der Waals surface area contributed by atoms with Gasteiger partial charge in [-0.1, -0.05) is 6.58 Å². The van der Waals surface area contributed by atoms with Crippen LogP contribution in [0.1, 0.15) is 0 Å². The van der Waals surface area contributed by atoms with E-state index in [1.54, 1.807) is 0 Å². The Bertz CT molecular complexity index is 64.0. The van der Waals surface area contributed by atoms with E-state index in [4.69, 9.17) is 9.90 Å². The SMILES string of the molecule is C=CC(=O)[O-].[K].[NH4+]. The van der Waals surface area contributed by atoms with Crippen LogP contribution < -0.4 is 11.3 Å². The van der Waals surface area contributed by atoms with E-state index in [2.05, 4.69) is 6.58 Å². The quantitative estimate of drug-likeness (QED) is 0.360. The van der Waals surface area contributed by atoms with E-state index in [0.29, 0.717) is 0 Å². The summed E-state index contributed by atoms with van der Waals surface area (Å²) in [7, 11) is 0. The van der Waals surface area contributed by atoms with E-state index in [1.165, 1.54) is 0 Å². The first-order chi connectivity index (χ1) is 2.27. The molecule has 0 unspecified atom stereocenters.